The molecule has 2 aromatic rings. The first-order valence-electron chi connectivity index (χ1n) is 6.52. The molecule has 0 aliphatic carbocycles. The summed E-state index contributed by atoms with van der Waals surface area (Å²) in [5, 5.41) is 3.04. The van der Waals surface area contributed by atoms with Gasteiger partial charge in [0, 0.05) is 16.7 Å². The van der Waals surface area contributed by atoms with Crippen molar-refractivity contribution in [1.82, 2.24) is 15.0 Å². The van der Waals surface area contributed by atoms with Gasteiger partial charge in [-0.15, -0.1) is 0 Å². The topological polar surface area (TPSA) is 80.0 Å². The van der Waals surface area contributed by atoms with Crippen LogP contribution in [-0.2, 0) is 0 Å². The number of nitrogen functional groups attached to an aromatic ring is 1. The molecule has 1 aromatic heterocycles. The van der Waals surface area contributed by atoms with Gasteiger partial charge in [-0.2, -0.15) is 15.0 Å². The Morgan fingerprint density at radius 2 is 1.95 bits per heavy atom. The number of aromatic nitrogens is 3. The van der Waals surface area contributed by atoms with E-state index in [1.807, 2.05) is 41.3 Å². The molecule has 1 aromatic carbocycles. The van der Waals surface area contributed by atoms with Crippen molar-refractivity contribution < 1.29 is 4.39 Å². The summed E-state index contributed by atoms with van der Waals surface area (Å²) in [7, 11) is 0. The lowest BCUT2D eigenvalue weighted by atomic mass is 10.3. The second kappa shape index (κ2) is 6.83. The maximum atomic E-state index is 13.1. The number of hydrogen-bond acceptors (Lipinski definition) is 6. The third-order valence-corrected chi connectivity index (χ3v) is 3.76. The van der Waals surface area contributed by atoms with Crippen LogP contribution in [0.1, 0.15) is 13.8 Å². The van der Waals surface area contributed by atoms with Gasteiger partial charge < -0.3 is 16.0 Å². The zero-order valence-corrected chi connectivity index (χ0v) is 13.9. The van der Waals surface area contributed by atoms with E-state index in [4.69, 9.17) is 5.73 Å². The molecule has 0 unspecified atom stereocenters. The van der Waals surface area contributed by atoms with E-state index in [-0.39, 0.29) is 11.8 Å². The first-order chi connectivity index (χ1) is 10.0. The summed E-state index contributed by atoms with van der Waals surface area (Å²) in [6.45, 7) is 5.57. The molecule has 3 N–H and O–H groups in total. The standard InChI is InChI=1S/C13H16FIN6/c1-3-21(4-2)13-19-11(16)18-12(20-13)17-10-6-5-8(14)7-9(10)15/h5-7H,3-4H2,1-2H3,(H3,16,17,18,19,20). The van der Waals surface area contributed by atoms with Crippen molar-refractivity contribution in [2.45, 2.75) is 13.8 Å². The Bertz CT molecular complexity index is 632. The molecule has 0 spiro atoms. The molecule has 8 heteroatoms. The molecule has 6 nitrogen and oxygen atoms in total. The summed E-state index contributed by atoms with van der Waals surface area (Å²) < 4.78 is 13.8. The molecule has 0 aliphatic heterocycles. The molecule has 0 aliphatic rings. The van der Waals surface area contributed by atoms with Crippen LogP contribution in [0.25, 0.3) is 0 Å². The van der Waals surface area contributed by atoms with Gasteiger partial charge in [0.05, 0.1) is 5.69 Å². The maximum Gasteiger partial charge on any atom is 0.233 e. The second-order valence-electron chi connectivity index (χ2n) is 4.24. The summed E-state index contributed by atoms with van der Waals surface area (Å²) in [6.07, 6.45) is 0. The van der Waals surface area contributed by atoms with Crippen LogP contribution in [0.4, 0.5) is 27.9 Å². The molecule has 0 amide bonds. The van der Waals surface area contributed by atoms with Crippen molar-refractivity contribution in [2.75, 3.05) is 29.0 Å². The van der Waals surface area contributed by atoms with E-state index < -0.39 is 0 Å². The van der Waals surface area contributed by atoms with Crippen molar-refractivity contribution in [3.63, 3.8) is 0 Å². The zero-order valence-electron chi connectivity index (χ0n) is 11.8. The summed E-state index contributed by atoms with van der Waals surface area (Å²) >= 11 is 2.04. The van der Waals surface area contributed by atoms with E-state index in [9.17, 15) is 4.39 Å². The van der Waals surface area contributed by atoms with Gasteiger partial charge in [0.25, 0.3) is 0 Å². The Hall–Kier alpha value is -1.71. The van der Waals surface area contributed by atoms with E-state index in [0.29, 0.717) is 17.6 Å². The van der Waals surface area contributed by atoms with Crippen LogP contribution < -0.4 is 16.0 Å². The Morgan fingerprint density at radius 3 is 2.57 bits per heavy atom. The summed E-state index contributed by atoms with van der Waals surface area (Å²) in [6, 6.07) is 4.44. The smallest absolute Gasteiger partial charge is 0.233 e. The molecule has 0 radical (unpaired) electrons. The number of benzene rings is 1. The van der Waals surface area contributed by atoms with Crippen LogP contribution in [0.3, 0.4) is 0 Å². The van der Waals surface area contributed by atoms with Gasteiger partial charge in [-0.05, 0) is 54.6 Å². The Balaban J connectivity index is 2.31. The summed E-state index contributed by atoms with van der Waals surface area (Å²) in [4.78, 5) is 14.5. The van der Waals surface area contributed by atoms with Crippen LogP contribution in [0.15, 0.2) is 18.2 Å². The molecule has 1 heterocycles. The normalized spacial score (nSPS) is 10.5. The minimum Gasteiger partial charge on any atom is -0.368 e. The maximum absolute atomic E-state index is 13.1. The molecule has 0 saturated heterocycles. The fraction of sp³-hybridized carbons (Fsp3) is 0.308. The fourth-order valence-electron chi connectivity index (χ4n) is 1.80. The number of halogens is 2. The lowest BCUT2D eigenvalue weighted by Gasteiger charge is -2.19. The highest BCUT2D eigenvalue weighted by molar-refractivity contribution is 14.1. The number of nitrogens with zero attached hydrogens (tertiary/aromatic N) is 4. The van der Waals surface area contributed by atoms with Gasteiger partial charge in [0.1, 0.15) is 5.82 Å². The summed E-state index contributed by atoms with van der Waals surface area (Å²) in [5.74, 6) is 0.719. The lowest BCUT2D eigenvalue weighted by molar-refractivity contribution is 0.627. The van der Waals surface area contributed by atoms with Gasteiger partial charge in [-0.3, -0.25) is 0 Å². The van der Waals surface area contributed by atoms with E-state index >= 15 is 0 Å². The minimum absolute atomic E-state index is 0.145. The molecule has 0 atom stereocenters. The van der Waals surface area contributed by atoms with Crippen LogP contribution in [-0.4, -0.2) is 28.0 Å². The van der Waals surface area contributed by atoms with Crippen molar-refractivity contribution in [3.8, 4) is 0 Å². The van der Waals surface area contributed by atoms with E-state index in [1.54, 1.807) is 6.07 Å². The Labute approximate surface area is 136 Å². The highest BCUT2D eigenvalue weighted by Gasteiger charge is 2.11. The van der Waals surface area contributed by atoms with Gasteiger partial charge >= 0.3 is 0 Å². The third-order valence-electron chi connectivity index (χ3n) is 2.86. The minimum atomic E-state index is -0.288. The fourth-order valence-corrected chi connectivity index (χ4v) is 2.41. The van der Waals surface area contributed by atoms with Crippen molar-refractivity contribution in [1.29, 1.82) is 0 Å². The van der Waals surface area contributed by atoms with E-state index in [2.05, 4.69) is 20.3 Å². The predicted octanol–water partition coefficient (Wildman–Crippen LogP) is 2.79. The van der Waals surface area contributed by atoms with E-state index in [1.165, 1.54) is 12.1 Å². The largest absolute Gasteiger partial charge is 0.368 e. The Morgan fingerprint density at radius 1 is 1.24 bits per heavy atom. The number of rotatable bonds is 5. The highest BCUT2D eigenvalue weighted by atomic mass is 127. The number of hydrogen-bond donors (Lipinski definition) is 2. The van der Waals surface area contributed by atoms with Crippen molar-refractivity contribution >= 4 is 46.1 Å². The predicted molar refractivity (Wildman–Crippen MR) is 90.2 cm³/mol. The molecule has 2 rings (SSSR count). The average molecular weight is 402 g/mol. The number of nitrogens with one attached hydrogen (secondary N) is 1. The Kier molecular flexibility index (Phi) is 5.10. The first kappa shape index (κ1) is 15.7. The molecular formula is C13H16FIN6. The van der Waals surface area contributed by atoms with Crippen LogP contribution >= 0.6 is 22.6 Å². The second-order valence-corrected chi connectivity index (χ2v) is 5.40. The van der Waals surface area contributed by atoms with E-state index in [0.717, 1.165) is 16.7 Å². The molecule has 0 fully saturated rings. The van der Waals surface area contributed by atoms with Crippen LogP contribution in [0, 0.1) is 9.39 Å². The van der Waals surface area contributed by atoms with Crippen molar-refractivity contribution in [2.24, 2.45) is 0 Å². The number of anilines is 4. The van der Waals surface area contributed by atoms with Crippen LogP contribution in [0.2, 0.25) is 0 Å². The van der Waals surface area contributed by atoms with Gasteiger partial charge in [0.15, 0.2) is 0 Å². The highest BCUT2D eigenvalue weighted by Crippen LogP contribution is 2.22. The van der Waals surface area contributed by atoms with Crippen LogP contribution in [0.5, 0.6) is 0 Å². The SMILES string of the molecule is CCN(CC)c1nc(N)nc(Nc2ccc(F)cc2I)n1. The average Bonchev–Trinajstić information content (AvgIpc) is 2.43. The summed E-state index contributed by atoms with van der Waals surface area (Å²) in [5.41, 5.74) is 6.45. The molecule has 0 bridgehead atoms. The molecule has 21 heavy (non-hydrogen) atoms. The molecular weight excluding hydrogens is 386 g/mol. The molecule has 0 saturated carbocycles. The number of nitrogens with two attached hydrogens (primary N) is 1. The quantitative estimate of drug-likeness (QED) is 0.749. The zero-order chi connectivity index (χ0) is 15.4. The molecule has 112 valence electrons. The van der Waals surface area contributed by atoms with Gasteiger partial charge in [-0.1, -0.05) is 0 Å². The lowest BCUT2D eigenvalue weighted by Crippen LogP contribution is -2.25. The van der Waals surface area contributed by atoms with Gasteiger partial charge in [0.2, 0.25) is 17.8 Å². The first-order valence-corrected chi connectivity index (χ1v) is 7.60. The van der Waals surface area contributed by atoms with Gasteiger partial charge in [-0.25, -0.2) is 4.39 Å². The monoisotopic (exact) mass is 402 g/mol. The van der Waals surface area contributed by atoms with Crippen molar-refractivity contribution in [3.05, 3.63) is 27.6 Å². The third kappa shape index (κ3) is 3.90.